The molecular formula is C19H23ClN2O3. The van der Waals surface area contributed by atoms with E-state index in [4.69, 9.17) is 21.1 Å². The summed E-state index contributed by atoms with van der Waals surface area (Å²) in [6.07, 6.45) is 6.35. The minimum Gasteiger partial charge on any atom is -0.465 e. The van der Waals surface area contributed by atoms with E-state index in [0.29, 0.717) is 18.0 Å². The Morgan fingerprint density at radius 2 is 2.04 bits per heavy atom. The molecule has 1 saturated heterocycles. The maximum absolute atomic E-state index is 12.6. The first-order valence-corrected chi connectivity index (χ1v) is 9.32. The first-order chi connectivity index (χ1) is 12.3. The van der Waals surface area contributed by atoms with Gasteiger partial charge < -0.3 is 9.47 Å². The van der Waals surface area contributed by atoms with Crippen LogP contribution in [0.4, 0.5) is 0 Å². The average molecular weight is 363 g/mol. The number of benzene rings is 1. The van der Waals surface area contributed by atoms with Crippen LogP contribution in [0.15, 0.2) is 41.3 Å². The molecule has 1 aromatic heterocycles. The van der Waals surface area contributed by atoms with Crippen LogP contribution in [0.5, 0.6) is 5.75 Å². The molecule has 1 aromatic carbocycles. The molecule has 134 valence electrons. The molecule has 2 heterocycles. The minimum atomic E-state index is -0.167. The van der Waals surface area contributed by atoms with Crippen molar-refractivity contribution in [3.63, 3.8) is 0 Å². The van der Waals surface area contributed by atoms with E-state index in [1.165, 1.54) is 4.68 Å². The van der Waals surface area contributed by atoms with Gasteiger partial charge in [0, 0.05) is 25.0 Å². The van der Waals surface area contributed by atoms with Gasteiger partial charge in [0.1, 0.15) is 5.75 Å². The van der Waals surface area contributed by atoms with Gasteiger partial charge in [-0.25, -0.2) is 4.68 Å². The van der Waals surface area contributed by atoms with Crippen molar-refractivity contribution in [3.8, 4) is 16.9 Å². The van der Waals surface area contributed by atoms with Crippen molar-refractivity contribution in [2.45, 2.75) is 44.9 Å². The van der Waals surface area contributed by atoms with Gasteiger partial charge in [0.15, 0.2) is 6.29 Å². The molecule has 25 heavy (non-hydrogen) atoms. The fourth-order valence-electron chi connectivity index (χ4n) is 2.86. The molecule has 2 aromatic rings. The normalized spacial score (nSPS) is 17.4. The van der Waals surface area contributed by atoms with Crippen LogP contribution in [0.2, 0.25) is 0 Å². The van der Waals surface area contributed by atoms with E-state index in [2.05, 4.69) is 5.10 Å². The van der Waals surface area contributed by atoms with Crippen LogP contribution in [-0.4, -0.2) is 28.6 Å². The lowest BCUT2D eigenvalue weighted by Crippen LogP contribution is -2.25. The molecule has 0 radical (unpaired) electrons. The van der Waals surface area contributed by atoms with Crippen LogP contribution in [-0.2, 0) is 11.3 Å². The molecule has 0 aliphatic carbocycles. The van der Waals surface area contributed by atoms with E-state index in [9.17, 15) is 4.79 Å². The Morgan fingerprint density at radius 3 is 2.76 bits per heavy atom. The smallest absolute Gasteiger partial charge is 0.274 e. The van der Waals surface area contributed by atoms with Gasteiger partial charge in [-0.15, -0.1) is 11.6 Å². The first-order valence-electron chi connectivity index (χ1n) is 8.79. The van der Waals surface area contributed by atoms with E-state index in [1.54, 1.807) is 12.3 Å². The van der Waals surface area contributed by atoms with Crippen LogP contribution in [0, 0.1) is 0 Å². The van der Waals surface area contributed by atoms with Gasteiger partial charge in [0.05, 0.1) is 12.2 Å². The van der Waals surface area contributed by atoms with Crippen LogP contribution < -0.4 is 10.3 Å². The average Bonchev–Trinajstić information content (AvgIpc) is 2.65. The molecule has 0 amide bonds. The van der Waals surface area contributed by atoms with Gasteiger partial charge >= 0.3 is 0 Å². The van der Waals surface area contributed by atoms with Crippen molar-refractivity contribution < 1.29 is 9.47 Å². The lowest BCUT2D eigenvalue weighted by Gasteiger charge is -2.23. The molecule has 0 saturated carbocycles. The lowest BCUT2D eigenvalue weighted by molar-refractivity contribution is -0.105. The number of aromatic nitrogens is 2. The van der Waals surface area contributed by atoms with Crippen LogP contribution in [0.25, 0.3) is 11.1 Å². The maximum Gasteiger partial charge on any atom is 0.274 e. The number of halogens is 1. The Kier molecular flexibility index (Phi) is 6.48. The summed E-state index contributed by atoms with van der Waals surface area (Å²) in [5, 5.41) is 4.15. The summed E-state index contributed by atoms with van der Waals surface area (Å²) in [4.78, 5) is 12.6. The molecule has 5 nitrogen and oxygen atoms in total. The van der Waals surface area contributed by atoms with Crippen molar-refractivity contribution in [3.05, 3.63) is 46.9 Å². The number of alkyl halides is 1. The summed E-state index contributed by atoms with van der Waals surface area (Å²) in [6.45, 7) is 1.34. The van der Waals surface area contributed by atoms with Gasteiger partial charge in [-0.3, -0.25) is 4.79 Å². The van der Waals surface area contributed by atoms with E-state index >= 15 is 0 Å². The fourth-order valence-corrected chi connectivity index (χ4v) is 3.04. The molecule has 1 unspecified atom stereocenters. The molecule has 1 fully saturated rings. The topological polar surface area (TPSA) is 53.4 Å². The molecule has 0 N–H and O–H groups in total. The van der Waals surface area contributed by atoms with Crippen LogP contribution in [0.3, 0.4) is 0 Å². The Bertz CT molecular complexity index is 724. The molecule has 1 aliphatic rings. The summed E-state index contributed by atoms with van der Waals surface area (Å²) >= 11 is 5.69. The fraction of sp³-hybridized carbons (Fsp3) is 0.474. The first kappa shape index (κ1) is 18.0. The molecule has 6 heteroatoms. The third kappa shape index (κ3) is 4.83. The van der Waals surface area contributed by atoms with Crippen LogP contribution in [0.1, 0.15) is 32.1 Å². The Labute approximate surface area is 152 Å². The Hall–Kier alpha value is -1.85. The number of hydrogen-bond donors (Lipinski definition) is 0. The SMILES string of the molecule is O=c1c(-c2ccc(OC3CCCCO3)cc2)ccnn1CCCCCl. The number of nitrogens with zero attached hydrogens (tertiary/aromatic N) is 2. The second-order valence-corrected chi connectivity index (χ2v) is 6.49. The zero-order valence-corrected chi connectivity index (χ0v) is 15.0. The van der Waals surface area contributed by atoms with E-state index in [1.807, 2.05) is 24.3 Å². The van der Waals surface area contributed by atoms with E-state index < -0.39 is 0 Å². The summed E-state index contributed by atoms with van der Waals surface area (Å²) in [6, 6.07) is 9.31. The highest BCUT2D eigenvalue weighted by atomic mass is 35.5. The molecule has 0 bridgehead atoms. The molecular weight excluding hydrogens is 340 g/mol. The van der Waals surface area contributed by atoms with E-state index in [0.717, 1.165) is 50.0 Å². The van der Waals surface area contributed by atoms with Crippen molar-refractivity contribution in [1.82, 2.24) is 9.78 Å². The molecule has 3 rings (SSSR count). The third-order valence-electron chi connectivity index (χ3n) is 4.24. The van der Waals surface area contributed by atoms with Gasteiger partial charge in [-0.05, 0) is 49.4 Å². The summed E-state index contributed by atoms with van der Waals surface area (Å²) in [7, 11) is 0. The highest BCUT2D eigenvalue weighted by molar-refractivity contribution is 6.17. The number of rotatable bonds is 7. The molecule has 1 aliphatic heterocycles. The quantitative estimate of drug-likeness (QED) is 0.554. The van der Waals surface area contributed by atoms with Crippen LogP contribution >= 0.6 is 11.6 Å². The second kappa shape index (κ2) is 9.02. The zero-order valence-electron chi connectivity index (χ0n) is 14.2. The minimum absolute atomic E-state index is 0.0821. The predicted octanol–water partition coefficient (Wildman–Crippen LogP) is 3.83. The highest BCUT2D eigenvalue weighted by Crippen LogP contribution is 2.22. The van der Waals surface area contributed by atoms with Gasteiger partial charge in [-0.1, -0.05) is 12.1 Å². The van der Waals surface area contributed by atoms with Crippen molar-refractivity contribution in [1.29, 1.82) is 0 Å². The van der Waals surface area contributed by atoms with Gasteiger partial charge in [0.25, 0.3) is 5.56 Å². The summed E-state index contributed by atoms with van der Waals surface area (Å²) in [5.41, 5.74) is 1.41. The largest absolute Gasteiger partial charge is 0.465 e. The zero-order chi connectivity index (χ0) is 17.5. The van der Waals surface area contributed by atoms with E-state index in [-0.39, 0.29) is 11.8 Å². The second-order valence-electron chi connectivity index (χ2n) is 6.11. The standard InChI is InChI=1S/C19H23ClN2O3/c20-11-2-3-13-22-19(23)17(10-12-21-22)15-6-8-16(9-7-15)25-18-5-1-4-14-24-18/h6-10,12,18H,1-5,11,13-14H2. The highest BCUT2D eigenvalue weighted by Gasteiger charge is 2.15. The maximum atomic E-state index is 12.6. The summed E-state index contributed by atoms with van der Waals surface area (Å²) in [5.74, 6) is 1.35. The predicted molar refractivity (Wildman–Crippen MR) is 98.1 cm³/mol. The Balaban J connectivity index is 1.71. The van der Waals surface area contributed by atoms with Crippen molar-refractivity contribution >= 4 is 11.6 Å². The monoisotopic (exact) mass is 362 g/mol. The number of hydrogen-bond acceptors (Lipinski definition) is 4. The van der Waals surface area contributed by atoms with Crippen molar-refractivity contribution in [2.75, 3.05) is 12.5 Å². The van der Waals surface area contributed by atoms with Gasteiger partial charge in [-0.2, -0.15) is 5.10 Å². The summed E-state index contributed by atoms with van der Waals surface area (Å²) < 4.78 is 12.9. The number of unbranched alkanes of at least 4 members (excludes halogenated alkanes) is 1. The lowest BCUT2D eigenvalue weighted by atomic mass is 10.1. The van der Waals surface area contributed by atoms with Gasteiger partial charge in [0.2, 0.25) is 0 Å². The van der Waals surface area contributed by atoms with Crippen molar-refractivity contribution in [2.24, 2.45) is 0 Å². The third-order valence-corrected chi connectivity index (χ3v) is 4.50. The molecule has 1 atom stereocenters. The Morgan fingerprint density at radius 1 is 1.20 bits per heavy atom. The number of ether oxygens (including phenoxy) is 2. The number of aryl methyl sites for hydroxylation is 1. The molecule has 0 spiro atoms.